The molecule has 138 valence electrons. The number of carbonyl (C=O) groups is 1. The summed E-state index contributed by atoms with van der Waals surface area (Å²) in [7, 11) is -3.87. The second kappa shape index (κ2) is 7.19. The van der Waals surface area contributed by atoms with Gasteiger partial charge < -0.3 is 19.1 Å². The molecule has 1 fully saturated rings. The van der Waals surface area contributed by atoms with Crippen molar-refractivity contribution >= 4 is 15.9 Å². The van der Waals surface area contributed by atoms with Crippen molar-refractivity contribution in [3.8, 4) is 11.5 Å². The van der Waals surface area contributed by atoms with Gasteiger partial charge in [-0.25, -0.2) is 8.42 Å². The van der Waals surface area contributed by atoms with E-state index in [1.807, 2.05) is 13.8 Å². The van der Waals surface area contributed by atoms with Crippen LogP contribution in [0.4, 0.5) is 0 Å². The topological polar surface area (TPSA) is 94.2 Å². The molecular weight excluding hydrogens is 348 g/mol. The van der Waals surface area contributed by atoms with Crippen molar-refractivity contribution in [3.05, 3.63) is 18.2 Å². The number of fused-ring (bicyclic) bond motifs is 1. The number of sulfonamides is 1. The van der Waals surface area contributed by atoms with Crippen molar-refractivity contribution in [3.63, 3.8) is 0 Å². The fourth-order valence-corrected chi connectivity index (χ4v) is 4.08. The SMILES string of the molecule is CC(C)[C@@H](NS(=O)(=O)c1ccc2c(c1)OCO2)C(=O)N1CCOCC1. The highest BCUT2D eigenvalue weighted by Crippen LogP contribution is 2.33. The van der Waals surface area contributed by atoms with Gasteiger partial charge in [0.15, 0.2) is 11.5 Å². The van der Waals surface area contributed by atoms with Crippen LogP contribution in [0.5, 0.6) is 11.5 Å². The summed E-state index contributed by atoms with van der Waals surface area (Å²) in [6, 6.07) is 3.55. The lowest BCUT2D eigenvalue weighted by Gasteiger charge is -2.32. The number of morpholine rings is 1. The second-order valence-corrected chi connectivity index (χ2v) is 8.01. The first-order valence-corrected chi connectivity index (χ1v) is 9.65. The molecule has 0 spiro atoms. The highest BCUT2D eigenvalue weighted by Gasteiger charge is 2.32. The van der Waals surface area contributed by atoms with Crippen LogP contribution < -0.4 is 14.2 Å². The van der Waals surface area contributed by atoms with Crippen LogP contribution in [0.3, 0.4) is 0 Å². The molecule has 1 N–H and O–H groups in total. The molecule has 3 rings (SSSR count). The van der Waals surface area contributed by atoms with E-state index in [0.717, 1.165) is 0 Å². The molecule has 0 unspecified atom stereocenters. The summed E-state index contributed by atoms with van der Waals surface area (Å²) in [5.74, 6) is 0.453. The van der Waals surface area contributed by atoms with Gasteiger partial charge >= 0.3 is 0 Å². The number of benzene rings is 1. The number of ether oxygens (including phenoxy) is 3. The molecule has 1 aromatic rings. The Hall–Kier alpha value is -1.84. The minimum Gasteiger partial charge on any atom is -0.454 e. The van der Waals surface area contributed by atoms with E-state index in [0.29, 0.717) is 37.8 Å². The third-order valence-electron chi connectivity index (χ3n) is 4.19. The van der Waals surface area contributed by atoms with Crippen molar-refractivity contribution in [2.45, 2.75) is 24.8 Å². The van der Waals surface area contributed by atoms with Gasteiger partial charge in [-0.2, -0.15) is 4.72 Å². The average Bonchev–Trinajstić information content (AvgIpc) is 3.07. The summed E-state index contributed by atoms with van der Waals surface area (Å²) in [4.78, 5) is 14.4. The summed E-state index contributed by atoms with van der Waals surface area (Å²) in [5.41, 5.74) is 0. The van der Waals surface area contributed by atoms with E-state index in [2.05, 4.69) is 4.72 Å². The van der Waals surface area contributed by atoms with Crippen molar-refractivity contribution in [2.24, 2.45) is 5.92 Å². The van der Waals surface area contributed by atoms with Gasteiger partial charge in [0.1, 0.15) is 6.04 Å². The van der Waals surface area contributed by atoms with E-state index in [4.69, 9.17) is 14.2 Å². The summed E-state index contributed by atoms with van der Waals surface area (Å²) in [5, 5.41) is 0. The Bertz CT molecular complexity index is 743. The highest BCUT2D eigenvalue weighted by atomic mass is 32.2. The van der Waals surface area contributed by atoms with E-state index in [1.165, 1.54) is 12.1 Å². The molecule has 0 aromatic heterocycles. The first-order valence-electron chi connectivity index (χ1n) is 8.17. The smallest absolute Gasteiger partial charge is 0.241 e. The molecule has 9 heteroatoms. The van der Waals surface area contributed by atoms with Gasteiger partial charge in [0.05, 0.1) is 18.1 Å². The Balaban J connectivity index is 1.79. The van der Waals surface area contributed by atoms with E-state index >= 15 is 0 Å². The van der Waals surface area contributed by atoms with Crippen molar-refractivity contribution in [2.75, 3.05) is 33.1 Å². The van der Waals surface area contributed by atoms with Crippen molar-refractivity contribution < 1.29 is 27.4 Å². The molecule has 1 atom stereocenters. The molecule has 2 aliphatic heterocycles. The molecule has 1 amide bonds. The van der Waals surface area contributed by atoms with Crippen LogP contribution in [0.25, 0.3) is 0 Å². The lowest BCUT2D eigenvalue weighted by Crippen LogP contribution is -2.53. The minimum atomic E-state index is -3.87. The predicted molar refractivity (Wildman–Crippen MR) is 88.9 cm³/mol. The van der Waals surface area contributed by atoms with Gasteiger partial charge in [0.25, 0.3) is 0 Å². The maximum Gasteiger partial charge on any atom is 0.241 e. The molecule has 1 aromatic carbocycles. The molecule has 0 bridgehead atoms. The number of nitrogens with one attached hydrogen (secondary N) is 1. The number of amides is 1. The maximum absolute atomic E-state index is 12.7. The molecule has 0 aliphatic carbocycles. The Morgan fingerprint density at radius 2 is 1.84 bits per heavy atom. The molecule has 8 nitrogen and oxygen atoms in total. The van der Waals surface area contributed by atoms with Crippen LogP contribution in [0.15, 0.2) is 23.1 Å². The zero-order valence-electron chi connectivity index (χ0n) is 14.2. The normalized spacial score (nSPS) is 18.4. The average molecular weight is 370 g/mol. The Morgan fingerprint density at radius 1 is 1.16 bits per heavy atom. The van der Waals surface area contributed by atoms with E-state index < -0.39 is 16.1 Å². The maximum atomic E-state index is 12.7. The van der Waals surface area contributed by atoms with Gasteiger partial charge in [0.2, 0.25) is 22.7 Å². The number of hydrogen-bond donors (Lipinski definition) is 1. The Morgan fingerprint density at radius 3 is 2.52 bits per heavy atom. The first-order chi connectivity index (χ1) is 11.9. The molecule has 2 aliphatic rings. The molecule has 2 heterocycles. The summed E-state index contributed by atoms with van der Waals surface area (Å²) < 4.78 is 43.7. The third-order valence-corrected chi connectivity index (χ3v) is 5.63. The predicted octanol–water partition coefficient (Wildman–Crippen LogP) is 0.577. The molecule has 0 saturated carbocycles. The van der Waals surface area contributed by atoms with Crippen LogP contribution >= 0.6 is 0 Å². The van der Waals surface area contributed by atoms with Crippen LogP contribution in [-0.4, -0.2) is 58.4 Å². The minimum absolute atomic E-state index is 0.0391. The number of carbonyl (C=O) groups excluding carboxylic acids is 1. The Labute approximate surface area is 147 Å². The standard InChI is InChI=1S/C16H22N2O6S/c1-11(2)15(16(19)18-5-7-22-8-6-18)17-25(20,21)12-3-4-13-14(9-12)24-10-23-13/h3-4,9,11,15,17H,5-8,10H2,1-2H3/t15-/m1/s1. The number of nitrogens with zero attached hydrogens (tertiary/aromatic N) is 1. The zero-order valence-corrected chi connectivity index (χ0v) is 15.0. The van der Waals surface area contributed by atoms with Crippen molar-refractivity contribution in [1.29, 1.82) is 0 Å². The first kappa shape index (κ1) is 18.0. The Kier molecular flexibility index (Phi) is 5.16. The van der Waals surface area contributed by atoms with Gasteiger partial charge in [0, 0.05) is 19.2 Å². The van der Waals surface area contributed by atoms with E-state index in [1.54, 1.807) is 11.0 Å². The summed E-state index contributed by atoms with van der Waals surface area (Å²) in [6.45, 7) is 5.55. The molecule has 0 radical (unpaired) electrons. The lowest BCUT2D eigenvalue weighted by atomic mass is 10.0. The van der Waals surface area contributed by atoms with Crippen molar-refractivity contribution in [1.82, 2.24) is 9.62 Å². The molecule has 25 heavy (non-hydrogen) atoms. The van der Waals surface area contributed by atoms with Gasteiger partial charge in [-0.3, -0.25) is 4.79 Å². The van der Waals surface area contributed by atoms with Gasteiger partial charge in [-0.1, -0.05) is 13.8 Å². The quantitative estimate of drug-likeness (QED) is 0.815. The summed E-state index contributed by atoms with van der Waals surface area (Å²) in [6.07, 6.45) is 0. The fourth-order valence-electron chi connectivity index (χ4n) is 2.73. The van der Waals surface area contributed by atoms with Crippen LogP contribution in [0.1, 0.15) is 13.8 Å². The lowest BCUT2D eigenvalue weighted by molar-refractivity contribution is -0.138. The largest absolute Gasteiger partial charge is 0.454 e. The van der Waals surface area contributed by atoms with Gasteiger partial charge in [-0.15, -0.1) is 0 Å². The van der Waals surface area contributed by atoms with E-state index in [9.17, 15) is 13.2 Å². The highest BCUT2D eigenvalue weighted by molar-refractivity contribution is 7.89. The van der Waals surface area contributed by atoms with E-state index in [-0.39, 0.29) is 23.5 Å². The summed E-state index contributed by atoms with van der Waals surface area (Å²) >= 11 is 0. The monoisotopic (exact) mass is 370 g/mol. The van der Waals surface area contributed by atoms with Crippen LogP contribution in [0, 0.1) is 5.92 Å². The fraction of sp³-hybridized carbons (Fsp3) is 0.562. The number of hydrogen-bond acceptors (Lipinski definition) is 6. The second-order valence-electron chi connectivity index (χ2n) is 6.30. The van der Waals surface area contributed by atoms with Crippen LogP contribution in [0.2, 0.25) is 0 Å². The number of rotatable bonds is 5. The van der Waals surface area contributed by atoms with Crippen LogP contribution in [-0.2, 0) is 19.6 Å². The molecule has 1 saturated heterocycles. The third kappa shape index (κ3) is 3.88. The van der Waals surface area contributed by atoms with Gasteiger partial charge in [-0.05, 0) is 18.1 Å². The molecular formula is C16H22N2O6S. The zero-order chi connectivity index (χ0) is 18.0.